The first-order chi connectivity index (χ1) is 10.2. The summed E-state index contributed by atoms with van der Waals surface area (Å²) in [6.45, 7) is 8.17. The Morgan fingerprint density at radius 1 is 1.27 bits per heavy atom. The van der Waals surface area contributed by atoms with E-state index in [2.05, 4.69) is 25.8 Å². The molecule has 3 nitrogen and oxygen atoms in total. The first-order valence-electron chi connectivity index (χ1n) is 7.32. The molecule has 1 aromatic heterocycles. The Hall–Kier alpha value is -1.78. The van der Waals surface area contributed by atoms with E-state index in [-0.39, 0.29) is 11.2 Å². The van der Waals surface area contributed by atoms with Gasteiger partial charge in [-0.15, -0.1) is 11.3 Å². The molecule has 0 fully saturated rings. The molecule has 2 N–H and O–H groups in total. The Balaban J connectivity index is 2.08. The second-order valence-electron chi connectivity index (χ2n) is 6.87. The molecule has 0 aliphatic carbocycles. The minimum Gasteiger partial charge on any atom is -0.303 e. The Kier molecular flexibility index (Phi) is 3.34. The highest BCUT2D eigenvalue weighted by atomic mass is 32.1. The van der Waals surface area contributed by atoms with Crippen LogP contribution in [-0.4, -0.2) is 11.4 Å². The van der Waals surface area contributed by atoms with Crippen LogP contribution in [0, 0.1) is 12.3 Å². The van der Waals surface area contributed by atoms with Crippen molar-refractivity contribution in [2.45, 2.75) is 33.4 Å². The normalized spacial score (nSPS) is 20.2. The molecule has 1 unspecified atom stereocenters. The molecule has 1 aliphatic heterocycles. The lowest BCUT2D eigenvalue weighted by atomic mass is 9.81. The fourth-order valence-corrected chi connectivity index (χ4v) is 3.39. The van der Waals surface area contributed by atoms with E-state index in [1.807, 2.05) is 42.6 Å². The van der Waals surface area contributed by atoms with Crippen LogP contribution in [0.2, 0.25) is 0 Å². The van der Waals surface area contributed by atoms with Crippen molar-refractivity contribution in [3.8, 4) is 0 Å². The van der Waals surface area contributed by atoms with Gasteiger partial charge in [0.2, 0.25) is 5.78 Å². The van der Waals surface area contributed by atoms with E-state index in [1.54, 1.807) is 0 Å². The van der Waals surface area contributed by atoms with Gasteiger partial charge in [0, 0.05) is 16.2 Å². The van der Waals surface area contributed by atoms with Gasteiger partial charge in [-0.1, -0.05) is 20.8 Å². The third kappa shape index (κ3) is 2.32. The summed E-state index contributed by atoms with van der Waals surface area (Å²) in [6.07, 6.45) is 1.97. The molecule has 2 aromatic rings. The third-order valence-corrected chi connectivity index (χ3v) is 5.26. The number of thiophene rings is 1. The van der Waals surface area contributed by atoms with Gasteiger partial charge in [-0.25, -0.2) is 0 Å². The summed E-state index contributed by atoms with van der Waals surface area (Å²) < 4.78 is 0. The number of carbonyl (C=O) groups is 1. The van der Waals surface area contributed by atoms with Crippen molar-refractivity contribution in [2.75, 3.05) is 0 Å². The summed E-state index contributed by atoms with van der Waals surface area (Å²) in [4.78, 5) is 18.1. The van der Waals surface area contributed by atoms with E-state index in [0.717, 1.165) is 21.0 Å². The number of benzene rings is 1. The van der Waals surface area contributed by atoms with Gasteiger partial charge in [0.25, 0.3) is 0 Å². The Morgan fingerprint density at radius 3 is 2.59 bits per heavy atom. The topological polar surface area (TPSA) is 55.5 Å². The minimum absolute atomic E-state index is 0.0639. The van der Waals surface area contributed by atoms with Crippen molar-refractivity contribution in [1.82, 2.24) is 0 Å². The molecule has 0 radical (unpaired) electrons. The van der Waals surface area contributed by atoms with Gasteiger partial charge in [-0.3, -0.25) is 9.79 Å². The van der Waals surface area contributed by atoms with Crippen molar-refractivity contribution in [1.29, 1.82) is 0 Å². The minimum atomic E-state index is -0.726. The highest BCUT2D eigenvalue weighted by Crippen LogP contribution is 2.31. The van der Waals surface area contributed by atoms with E-state index in [1.165, 1.54) is 11.3 Å². The number of ketones is 1. The van der Waals surface area contributed by atoms with Crippen molar-refractivity contribution in [3.05, 3.63) is 56.2 Å². The average Bonchev–Trinajstić information content (AvgIpc) is 2.99. The lowest BCUT2D eigenvalue weighted by Gasteiger charge is -2.33. The van der Waals surface area contributed by atoms with Crippen LogP contribution >= 0.6 is 11.3 Å². The van der Waals surface area contributed by atoms with E-state index in [9.17, 15) is 4.79 Å². The largest absolute Gasteiger partial charge is 0.303 e. The van der Waals surface area contributed by atoms with Crippen molar-refractivity contribution in [3.63, 3.8) is 0 Å². The molecule has 22 heavy (non-hydrogen) atoms. The number of hydrogen-bond acceptors (Lipinski definition) is 4. The molecule has 0 bridgehead atoms. The van der Waals surface area contributed by atoms with E-state index in [4.69, 9.17) is 5.73 Å². The number of carbonyl (C=O) groups excluding carboxylic acids is 1. The number of nitrogens with two attached hydrogens (primary N) is 1. The Morgan fingerprint density at radius 2 is 2.00 bits per heavy atom. The maximum Gasteiger partial charge on any atom is 0.203 e. The van der Waals surface area contributed by atoms with E-state index >= 15 is 0 Å². The summed E-state index contributed by atoms with van der Waals surface area (Å²) in [5.41, 5.74) is 7.23. The van der Waals surface area contributed by atoms with Crippen LogP contribution < -0.4 is 16.3 Å². The first-order valence-corrected chi connectivity index (χ1v) is 8.20. The van der Waals surface area contributed by atoms with Crippen molar-refractivity contribution >= 4 is 23.2 Å². The number of rotatable bonds is 2. The van der Waals surface area contributed by atoms with Crippen molar-refractivity contribution in [2.24, 2.45) is 16.1 Å². The molecule has 2 heterocycles. The van der Waals surface area contributed by atoms with Crippen LogP contribution in [0.25, 0.3) is 6.08 Å². The summed E-state index contributed by atoms with van der Waals surface area (Å²) in [7, 11) is 0. The molecule has 0 spiro atoms. The molecule has 0 saturated carbocycles. The predicted molar refractivity (Wildman–Crippen MR) is 90.5 cm³/mol. The molecule has 0 amide bonds. The van der Waals surface area contributed by atoms with Crippen LogP contribution in [0.4, 0.5) is 0 Å². The van der Waals surface area contributed by atoms with Gasteiger partial charge in [-0.2, -0.15) is 0 Å². The monoisotopic (exact) mass is 312 g/mol. The van der Waals surface area contributed by atoms with Crippen LogP contribution in [0.1, 0.15) is 41.6 Å². The van der Waals surface area contributed by atoms with Gasteiger partial charge < -0.3 is 5.73 Å². The maximum atomic E-state index is 12.6. The summed E-state index contributed by atoms with van der Waals surface area (Å²) >= 11 is 1.48. The Bertz CT molecular complexity index is 873. The highest BCUT2D eigenvalue weighted by molar-refractivity contribution is 7.12. The zero-order valence-corrected chi connectivity index (χ0v) is 14.1. The predicted octanol–water partition coefficient (Wildman–Crippen LogP) is 2.40. The molecular formula is C18H20N2OS. The second-order valence-corrected chi connectivity index (χ2v) is 7.78. The quantitative estimate of drug-likeness (QED) is 0.866. The molecule has 3 rings (SSSR count). The smallest absolute Gasteiger partial charge is 0.203 e. The first kappa shape index (κ1) is 15.1. The summed E-state index contributed by atoms with van der Waals surface area (Å²) in [6, 6.07) is 7.60. The third-order valence-electron chi connectivity index (χ3n) is 4.24. The number of aryl methyl sites for hydroxylation is 1. The van der Waals surface area contributed by atoms with Gasteiger partial charge >= 0.3 is 0 Å². The fourth-order valence-electron chi connectivity index (χ4n) is 2.50. The lowest BCUT2D eigenvalue weighted by Crippen LogP contribution is -2.47. The van der Waals surface area contributed by atoms with Crippen LogP contribution in [-0.2, 0) is 0 Å². The van der Waals surface area contributed by atoms with Gasteiger partial charge in [0.1, 0.15) is 5.66 Å². The van der Waals surface area contributed by atoms with E-state index < -0.39 is 5.66 Å². The molecular weight excluding hydrogens is 292 g/mol. The van der Waals surface area contributed by atoms with Crippen LogP contribution in [0.3, 0.4) is 0 Å². The van der Waals surface area contributed by atoms with Crippen LogP contribution in [0.5, 0.6) is 0 Å². The molecule has 1 aromatic carbocycles. The standard InChI is InChI=1S/C18H20N2OS/c1-11-7-8-22-16(11)15(21)12-5-6-14-13(9-12)10-18(19,20-14)17(2,3)4/h5-10H,19H2,1-4H3. The maximum absolute atomic E-state index is 12.6. The summed E-state index contributed by atoms with van der Waals surface area (Å²) in [5.74, 6) is 0.0639. The molecule has 1 atom stereocenters. The zero-order valence-electron chi connectivity index (χ0n) is 13.3. The van der Waals surface area contributed by atoms with E-state index in [0.29, 0.717) is 5.56 Å². The molecule has 4 heteroatoms. The van der Waals surface area contributed by atoms with Gasteiger partial charge in [0.05, 0.1) is 10.2 Å². The van der Waals surface area contributed by atoms with Gasteiger partial charge in [-0.05, 0) is 48.2 Å². The average molecular weight is 312 g/mol. The SMILES string of the molecule is Cc1ccsc1C(=O)c1ccc2c(c1)=CC(N)(C(C)(C)C)N=2. The number of hydrogen-bond donors (Lipinski definition) is 1. The van der Waals surface area contributed by atoms with Gasteiger partial charge in [0.15, 0.2) is 0 Å². The molecule has 1 aliphatic rings. The Labute approximate surface area is 134 Å². The molecule has 0 saturated heterocycles. The summed E-state index contributed by atoms with van der Waals surface area (Å²) in [5, 5.41) is 3.75. The lowest BCUT2D eigenvalue weighted by molar-refractivity contribution is 0.104. The van der Waals surface area contributed by atoms with Crippen molar-refractivity contribution < 1.29 is 4.79 Å². The van der Waals surface area contributed by atoms with Crippen LogP contribution in [0.15, 0.2) is 34.6 Å². The molecule has 114 valence electrons. The number of fused-ring (bicyclic) bond motifs is 1. The zero-order chi connectivity index (χ0) is 16.1. The second kappa shape index (κ2) is 4.86. The fraction of sp³-hybridized carbons (Fsp3) is 0.333. The highest BCUT2D eigenvalue weighted by Gasteiger charge is 2.37. The number of nitrogens with zero attached hydrogens (tertiary/aromatic N) is 1.